The van der Waals surface area contributed by atoms with Crippen LogP contribution in [0.1, 0.15) is 36.9 Å². The SMILES string of the molecule is COc1ccnc(CN2C[C@H]3C[C@@H](C2)[C@H](Cc2cccc(F)c2)N2CCCC[C@@H]32)c1.O=CO.O=CO. The molecule has 1 aromatic carbocycles. The monoisotopic (exact) mass is 501 g/mol. The molecule has 4 atom stereocenters. The molecule has 3 fully saturated rings. The van der Waals surface area contributed by atoms with Crippen molar-refractivity contribution in [3.8, 4) is 5.75 Å². The van der Waals surface area contributed by atoms with Crippen LogP contribution in [0.4, 0.5) is 4.39 Å². The molecule has 0 aliphatic carbocycles. The Bertz CT molecular complexity index is 972. The highest BCUT2D eigenvalue weighted by Gasteiger charge is 2.46. The predicted octanol–water partition coefficient (Wildman–Crippen LogP) is 3.55. The molecule has 0 unspecified atom stereocenters. The lowest BCUT2D eigenvalue weighted by molar-refractivity contribution is -0.123. The molecular formula is C27H36FN3O5. The molecule has 3 saturated heterocycles. The maximum absolute atomic E-state index is 13.8. The van der Waals surface area contributed by atoms with Gasteiger partial charge in [-0.05, 0) is 67.8 Å². The van der Waals surface area contributed by atoms with Crippen LogP contribution < -0.4 is 4.74 Å². The molecule has 0 saturated carbocycles. The van der Waals surface area contributed by atoms with Gasteiger partial charge in [0, 0.05) is 44.0 Å². The molecule has 4 heterocycles. The molecule has 36 heavy (non-hydrogen) atoms. The van der Waals surface area contributed by atoms with E-state index in [-0.39, 0.29) is 18.8 Å². The first-order chi connectivity index (χ1) is 17.5. The minimum Gasteiger partial charge on any atom is -0.497 e. The molecule has 5 rings (SSSR count). The van der Waals surface area contributed by atoms with Crippen molar-refractivity contribution in [2.75, 3.05) is 26.7 Å². The van der Waals surface area contributed by atoms with E-state index in [1.165, 1.54) is 32.2 Å². The summed E-state index contributed by atoms with van der Waals surface area (Å²) in [5, 5.41) is 13.8. The van der Waals surface area contributed by atoms with E-state index in [0.717, 1.165) is 49.0 Å². The number of hydrogen-bond acceptors (Lipinski definition) is 6. The predicted molar refractivity (Wildman–Crippen MR) is 133 cm³/mol. The Morgan fingerprint density at radius 2 is 1.86 bits per heavy atom. The van der Waals surface area contributed by atoms with Crippen molar-refractivity contribution in [3.05, 3.63) is 59.7 Å². The van der Waals surface area contributed by atoms with Crippen LogP contribution in [0.3, 0.4) is 0 Å². The van der Waals surface area contributed by atoms with Crippen LogP contribution in [0.5, 0.6) is 5.75 Å². The van der Waals surface area contributed by atoms with E-state index in [2.05, 4.69) is 26.9 Å². The van der Waals surface area contributed by atoms with Gasteiger partial charge in [0.05, 0.1) is 12.8 Å². The molecule has 196 valence electrons. The summed E-state index contributed by atoms with van der Waals surface area (Å²) in [5.41, 5.74) is 2.21. The Balaban J connectivity index is 0.000000550. The minimum absolute atomic E-state index is 0.120. The first-order valence-corrected chi connectivity index (χ1v) is 12.4. The number of piperidine rings is 3. The number of halogens is 1. The molecule has 2 aromatic rings. The van der Waals surface area contributed by atoms with Crippen molar-refractivity contribution < 1.29 is 28.9 Å². The molecule has 8 nitrogen and oxygen atoms in total. The maximum Gasteiger partial charge on any atom is 0.290 e. The van der Waals surface area contributed by atoms with E-state index in [0.29, 0.717) is 18.0 Å². The first-order valence-electron chi connectivity index (χ1n) is 12.4. The van der Waals surface area contributed by atoms with Crippen LogP contribution in [0, 0.1) is 17.7 Å². The van der Waals surface area contributed by atoms with Gasteiger partial charge in [-0.3, -0.25) is 24.4 Å². The first kappa shape index (κ1) is 27.5. The summed E-state index contributed by atoms with van der Waals surface area (Å²) >= 11 is 0. The lowest BCUT2D eigenvalue weighted by Crippen LogP contribution is -2.63. The molecule has 2 N–H and O–H groups in total. The van der Waals surface area contributed by atoms with Gasteiger partial charge >= 0.3 is 0 Å². The van der Waals surface area contributed by atoms with Crippen LogP contribution in [0.2, 0.25) is 0 Å². The minimum atomic E-state index is -0.250. The molecule has 2 bridgehead atoms. The summed E-state index contributed by atoms with van der Waals surface area (Å²) in [7, 11) is 1.71. The number of carboxylic acid groups (broad SMARTS) is 2. The van der Waals surface area contributed by atoms with Gasteiger partial charge < -0.3 is 14.9 Å². The molecule has 3 aliphatic heterocycles. The number of ether oxygens (including phenoxy) is 1. The number of carbonyl (C=O) groups is 2. The molecule has 3 aliphatic rings. The average molecular weight is 502 g/mol. The van der Waals surface area contributed by atoms with Gasteiger partial charge in [-0.15, -0.1) is 0 Å². The molecule has 1 aromatic heterocycles. The Hall–Kier alpha value is -3.04. The third-order valence-electron chi connectivity index (χ3n) is 7.44. The fraction of sp³-hybridized carbons (Fsp3) is 0.519. The molecule has 9 heteroatoms. The fourth-order valence-corrected chi connectivity index (χ4v) is 6.22. The number of likely N-dealkylation sites (tertiary alicyclic amines) is 1. The molecular weight excluding hydrogens is 465 g/mol. The van der Waals surface area contributed by atoms with E-state index in [1.807, 2.05) is 18.3 Å². The second-order valence-electron chi connectivity index (χ2n) is 9.55. The molecule has 0 spiro atoms. The van der Waals surface area contributed by atoms with E-state index < -0.39 is 0 Å². The van der Waals surface area contributed by atoms with E-state index in [1.54, 1.807) is 19.2 Å². The van der Waals surface area contributed by atoms with Crippen LogP contribution in [0.15, 0.2) is 42.6 Å². The highest BCUT2D eigenvalue weighted by molar-refractivity contribution is 5.33. The lowest BCUT2D eigenvalue weighted by Gasteiger charge is -2.57. The van der Waals surface area contributed by atoms with Crippen LogP contribution in [-0.4, -0.2) is 76.8 Å². The van der Waals surface area contributed by atoms with Gasteiger partial charge in [-0.1, -0.05) is 18.6 Å². The number of hydrogen-bond donors (Lipinski definition) is 2. The van der Waals surface area contributed by atoms with Gasteiger partial charge in [0.15, 0.2) is 0 Å². The topological polar surface area (TPSA) is 103 Å². The summed E-state index contributed by atoms with van der Waals surface area (Å²) in [6, 6.07) is 12.4. The van der Waals surface area contributed by atoms with Crippen molar-refractivity contribution in [2.24, 2.45) is 11.8 Å². The summed E-state index contributed by atoms with van der Waals surface area (Å²) in [5.74, 6) is 2.12. The zero-order chi connectivity index (χ0) is 25.9. The number of benzene rings is 1. The number of nitrogens with zero attached hydrogens (tertiary/aromatic N) is 3. The number of pyridine rings is 1. The van der Waals surface area contributed by atoms with E-state index in [9.17, 15) is 4.39 Å². The van der Waals surface area contributed by atoms with E-state index >= 15 is 0 Å². The smallest absolute Gasteiger partial charge is 0.290 e. The summed E-state index contributed by atoms with van der Waals surface area (Å²) in [4.78, 5) is 26.7. The van der Waals surface area contributed by atoms with Crippen LogP contribution in [-0.2, 0) is 22.6 Å². The third-order valence-corrected chi connectivity index (χ3v) is 7.44. The number of methoxy groups -OCH3 is 1. The van der Waals surface area contributed by atoms with Crippen molar-refractivity contribution in [3.63, 3.8) is 0 Å². The van der Waals surface area contributed by atoms with Crippen molar-refractivity contribution in [1.29, 1.82) is 0 Å². The van der Waals surface area contributed by atoms with Crippen molar-refractivity contribution in [2.45, 2.75) is 50.7 Å². The normalized spacial score (nSPS) is 25.2. The summed E-state index contributed by atoms with van der Waals surface area (Å²) in [6.07, 6.45) is 8.05. The van der Waals surface area contributed by atoms with Crippen molar-refractivity contribution >= 4 is 12.9 Å². The Morgan fingerprint density at radius 1 is 1.11 bits per heavy atom. The van der Waals surface area contributed by atoms with Crippen molar-refractivity contribution in [1.82, 2.24) is 14.8 Å². The zero-order valence-electron chi connectivity index (χ0n) is 20.7. The summed E-state index contributed by atoms with van der Waals surface area (Å²) < 4.78 is 19.2. The molecule has 0 radical (unpaired) electrons. The van der Waals surface area contributed by atoms with Crippen LogP contribution in [0.25, 0.3) is 0 Å². The Morgan fingerprint density at radius 3 is 2.58 bits per heavy atom. The number of aromatic nitrogens is 1. The number of fused-ring (bicyclic) bond motifs is 4. The van der Waals surface area contributed by atoms with E-state index in [4.69, 9.17) is 24.5 Å². The zero-order valence-corrected chi connectivity index (χ0v) is 20.7. The summed E-state index contributed by atoms with van der Waals surface area (Å²) in [6.45, 7) is 3.83. The maximum atomic E-state index is 13.8. The third kappa shape index (κ3) is 7.24. The Labute approximate surface area is 211 Å². The highest BCUT2D eigenvalue weighted by atomic mass is 19.1. The highest BCUT2D eigenvalue weighted by Crippen LogP contribution is 2.42. The largest absolute Gasteiger partial charge is 0.497 e. The average Bonchev–Trinajstić information content (AvgIpc) is 2.88. The van der Waals surface area contributed by atoms with Gasteiger partial charge in [-0.2, -0.15) is 0 Å². The quantitative estimate of drug-likeness (QED) is 0.600. The van der Waals surface area contributed by atoms with Gasteiger partial charge in [0.1, 0.15) is 11.6 Å². The van der Waals surface area contributed by atoms with Gasteiger partial charge in [-0.25, -0.2) is 4.39 Å². The van der Waals surface area contributed by atoms with Gasteiger partial charge in [0.25, 0.3) is 12.9 Å². The standard InChI is InChI=1S/C25H32FN3O.2CH2O2/c1-30-23-8-9-27-22(14-23)17-28-15-19-13-20(16-28)25(29-10-3-2-7-24(19)29)12-18-5-4-6-21(26)11-18;2*2-1-3/h4-6,8-9,11,14,19-20,24-25H,2-3,7,10,12-13,15-17H2,1H3;2*1H,(H,2,3)/t19-,20+,24+,25+;;/m1../s1. The lowest BCUT2D eigenvalue weighted by atomic mass is 9.71. The second kappa shape index (κ2) is 13.9. The molecule has 0 amide bonds. The number of rotatable bonds is 5. The Kier molecular flexibility index (Phi) is 10.6. The second-order valence-corrected chi connectivity index (χ2v) is 9.55. The fourth-order valence-electron chi connectivity index (χ4n) is 6.22. The van der Waals surface area contributed by atoms with Crippen LogP contribution >= 0.6 is 0 Å². The van der Waals surface area contributed by atoms with Gasteiger partial charge in [0.2, 0.25) is 0 Å².